The molecular formula is C24H29N4O4PS. The molecule has 0 radical (unpaired) electrons. The van der Waals surface area contributed by atoms with Gasteiger partial charge in [0, 0.05) is 0 Å². The number of nitrogens with zero attached hydrogens (tertiary/aromatic N) is 3. The van der Waals surface area contributed by atoms with Crippen molar-refractivity contribution in [3.05, 3.63) is 47.6 Å². The molecule has 2 atom stereocenters. The van der Waals surface area contributed by atoms with Crippen molar-refractivity contribution < 1.29 is 18.7 Å². The summed E-state index contributed by atoms with van der Waals surface area (Å²) >= 11 is 1.26. The Balaban J connectivity index is 1.22. The summed E-state index contributed by atoms with van der Waals surface area (Å²) in [6.07, 6.45) is 12.3. The minimum Gasteiger partial charge on any atom is -0.463 e. The number of rotatable bonds is 5. The molecule has 2 aromatic rings. The van der Waals surface area contributed by atoms with E-state index in [-0.39, 0.29) is 6.10 Å². The smallest absolute Gasteiger partial charge is 0.368 e. The monoisotopic (exact) mass is 500 g/mol. The molecule has 2 unspecified atom stereocenters. The molecule has 0 saturated heterocycles. The molecule has 5 rings (SSSR count). The highest BCUT2D eigenvalue weighted by molar-refractivity contribution is 7.67. The number of fused-ring (bicyclic) bond motifs is 1. The van der Waals surface area contributed by atoms with Crippen LogP contribution in [-0.2, 0) is 9.09 Å². The fourth-order valence-corrected chi connectivity index (χ4v) is 7.26. The molecule has 1 fully saturated rings. The minimum absolute atomic E-state index is 0.171. The zero-order chi connectivity index (χ0) is 23.9. The lowest BCUT2D eigenvalue weighted by atomic mass is 9.75. The van der Waals surface area contributed by atoms with Crippen molar-refractivity contribution in [3.8, 4) is 5.88 Å². The van der Waals surface area contributed by atoms with Crippen LogP contribution in [0.2, 0.25) is 0 Å². The van der Waals surface area contributed by atoms with Crippen molar-refractivity contribution in [2.75, 3.05) is 5.73 Å². The molecule has 8 nitrogen and oxygen atoms in total. The van der Waals surface area contributed by atoms with E-state index >= 15 is 0 Å². The van der Waals surface area contributed by atoms with E-state index in [1.807, 2.05) is 13.8 Å². The summed E-state index contributed by atoms with van der Waals surface area (Å²) in [6.45, 7) is 3.95. The lowest BCUT2D eigenvalue weighted by molar-refractivity contribution is 0.109. The van der Waals surface area contributed by atoms with Crippen LogP contribution in [-0.4, -0.2) is 32.3 Å². The van der Waals surface area contributed by atoms with Crippen LogP contribution in [0.15, 0.2) is 52.6 Å². The fraction of sp³-hybridized carbons (Fsp3) is 0.458. The van der Waals surface area contributed by atoms with E-state index in [0.717, 1.165) is 43.4 Å². The maximum Gasteiger partial charge on any atom is 0.368 e. The quantitative estimate of drug-likeness (QED) is 0.557. The van der Waals surface area contributed by atoms with Crippen LogP contribution in [0.1, 0.15) is 46.0 Å². The van der Waals surface area contributed by atoms with Gasteiger partial charge < -0.3 is 19.9 Å². The number of aromatic nitrogens is 2. The Labute approximate surface area is 203 Å². The van der Waals surface area contributed by atoms with E-state index in [1.54, 1.807) is 17.5 Å². The first-order valence-electron chi connectivity index (χ1n) is 11.6. The Morgan fingerprint density at radius 1 is 1.26 bits per heavy atom. The molecule has 3 aliphatic rings. The molecule has 0 aromatic carbocycles. The largest absolute Gasteiger partial charge is 0.463 e. The van der Waals surface area contributed by atoms with E-state index in [1.165, 1.54) is 17.7 Å². The standard InChI is InChI=1S/C24H29N4O4PS/c1-24(2)21(28-20-22(25)26-14-27-23(20)31-24)17-7-5-15(6-8-17)16-9-11-18(12-10-16)32-33(29,30)19-4-3-13-34-19/h3-5,7-8,13-16,18H,6,9-12H2,1-2H3,(H,29,30)(H2,25,26,27). The van der Waals surface area contributed by atoms with Crippen LogP contribution in [0.25, 0.3) is 0 Å². The van der Waals surface area contributed by atoms with Gasteiger partial charge in [-0.1, -0.05) is 24.3 Å². The molecule has 2 aromatic heterocycles. The van der Waals surface area contributed by atoms with Gasteiger partial charge in [-0.05, 0) is 74.8 Å². The predicted octanol–water partition coefficient (Wildman–Crippen LogP) is 4.95. The van der Waals surface area contributed by atoms with Crippen LogP contribution in [0, 0.1) is 11.8 Å². The van der Waals surface area contributed by atoms with Gasteiger partial charge in [0.2, 0.25) is 5.88 Å². The number of nitrogen functional groups attached to an aromatic ring is 1. The second-order valence-corrected chi connectivity index (χ2v) is 12.5. The molecule has 0 spiro atoms. The predicted molar refractivity (Wildman–Crippen MR) is 134 cm³/mol. The molecule has 2 aliphatic carbocycles. The minimum atomic E-state index is -3.73. The summed E-state index contributed by atoms with van der Waals surface area (Å²) in [5, 5.41) is 1.79. The number of hydrogen-bond acceptors (Lipinski definition) is 8. The molecule has 3 N–H and O–H groups in total. The fourth-order valence-electron chi connectivity index (χ4n) is 4.97. The first-order valence-corrected chi connectivity index (χ1v) is 14.0. The molecule has 1 aliphatic heterocycles. The first-order chi connectivity index (χ1) is 16.2. The molecule has 10 heteroatoms. The van der Waals surface area contributed by atoms with Crippen molar-refractivity contribution in [2.45, 2.75) is 57.7 Å². The lowest BCUT2D eigenvalue weighted by Gasteiger charge is -2.35. The normalized spacial score (nSPS) is 27.7. The molecule has 180 valence electrons. The number of thiophene rings is 1. The number of aliphatic imine (C=N–C) groups is 1. The molecule has 0 amide bonds. The Bertz CT molecular complexity index is 1200. The van der Waals surface area contributed by atoms with Crippen molar-refractivity contribution in [2.24, 2.45) is 16.8 Å². The van der Waals surface area contributed by atoms with Crippen LogP contribution in [0.5, 0.6) is 5.88 Å². The SMILES string of the molecule is CC1(C)Oc2ncnc(N)c2N=C1C1=CCC(C2CCC(OP(=O)(O)c3cccs3)CC2)C=C1. The van der Waals surface area contributed by atoms with Gasteiger partial charge in [-0.25, -0.2) is 9.98 Å². The topological polar surface area (TPSA) is 120 Å². The zero-order valence-electron chi connectivity index (χ0n) is 19.3. The average molecular weight is 501 g/mol. The number of nitrogens with two attached hydrogens (primary N) is 1. The third-order valence-electron chi connectivity index (χ3n) is 6.77. The van der Waals surface area contributed by atoms with Crippen molar-refractivity contribution in [1.82, 2.24) is 9.97 Å². The summed E-state index contributed by atoms with van der Waals surface area (Å²) in [5.41, 5.74) is 7.70. The maximum absolute atomic E-state index is 12.6. The summed E-state index contributed by atoms with van der Waals surface area (Å²) in [7, 11) is -3.73. The molecule has 34 heavy (non-hydrogen) atoms. The number of allylic oxidation sites excluding steroid dienone is 3. The van der Waals surface area contributed by atoms with Gasteiger partial charge in [0.1, 0.15) is 16.5 Å². The van der Waals surface area contributed by atoms with Gasteiger partial charge in [0.15, 0.2) is 11.5 Å². The summed E-state index contributed by atoms with van der Waals surface area (Å²) in [5.74, 6) is 1.67. The summed E-state index contributed by atoms with van der Waals surface area (Å²) < 4.78 is 24.7. The maximum atomic E-state index is 12.6. The first kappa shape index (κ1) is 23.4. The molecule has 1 saturated carbocycles. The van der Waals surface area contributed by atoms with Gasteiger partial charge in [-0.15, -0.1) is 11.3 Å². The second kappa shape index (κ2) is 9.04. The van der Waals surface area contributed by atoms with Gasteiger partial charge in [0.25, 0.3) is 0 Å². The van der Waals surface area contributed by atoms with Gasteiger partial charge in [-0.2, -0.15) is 4.98 Å². The second-order valence-electron chi connectivity index (χ2n) is 9.52. The van der Waals surface area contributed by atoms with E-state index in [0.29, 0.717) is 33.8 Å². The Morgan fingerprint density at radius 3 is 2.74 bits per heavy atom. The Kier molecular flexibility index (Phi) is 6.23. The number of anilines is 1. The van der Waals surface area contributed by atoms with Crippen LogP contribution in [0.3, 0.4) is 0 Å². The van der Waals surface area contributed by atoms with Gasteiger partial charge in [0.05, 0.1) is 11.8 Å². The summed E-state index contributed by atoms with van der Waals surface area (Å²) in [4.78, 5) is 23.3. The summed E-state index contributed by atoms with van der Waals surface area (Å²) in [6, 6.07) is 3.44. The zero-order valence-corrected chi connectivity index (χ0v) is 21.0. The Hall–Kier alpha value is -2.32. The average Bonchev–Trinajstić information content (AvgIpc) is 3.35. The molecular weight excluding hydrogens is 471 g/mol. The molecule has 3 heterocycles. The van der Waals surface area contributed by atoms with Crippen molar-refractivity contribution in [3.63, 3.8) is 0 Å². The Morgan fingerprint density at radius 2 is 2.06 bits per heavy atom. The van der Waals surface area contributed by atoms with E-state index in [4.69, 9.17) is 20.0 Å². The van der Waals surface area contributed by atoms with Crippen LogP contribution < -0.4 is 15.1 Å². The van der Waals surface area contributed by atoms with E-state index < -0.39 is 13.2 Å². The van der Waals surface area contributed by atoms with Gasteiger partial charge >= 0.3 is 7.60 Å². The van der Waals surface area contributed by atoms with Gasteiger partial charge in [-0.3, -0.25) is 4.57 Å². The van der Waals surface area contributed by atoms with Crippen LogP contribution in [0.4, 0.5) is 11.5 Å². The third kappa shape index (κ3) is 4.62. The third-order valence-corrected chi connectivity index (χ3v) is 9.74. The van der Waals surface area contributed by atoms with Crippen LogP contribution >= 0.6 is 18.9 Å². The highest BCUT2D eigenvalue weighted by Gasteiger charge is 2.37. The number of hydrogen-bond donors (Lipinski definition) is 2. The van der Waals surface area contributed by atoms with E-state index in [9.17, 15) is 9.46 Å². The van der Waals surface area contributed by atoms with Crippen molar-refractivity contribution in [1.29, 1.82) is 0 Å². The van der Waals surface area contributed by atoms with Crippen molar-refractivity contribution >= 4 is 40.8 Å². The highest BCUT2D eigenvalue weighted by Crippen LogP contribution is 2.47. The highest BCUT2D eigenvalue weighted by atomic mass is 32.1. The van der Waals surface area contributed by atoms with E-state index in [2.05, 4.69) is 28.2 Å². The molecule has 0 bridgehead atoms. The lowest BCUT2D eigenvalue weighted by Crippen LogP contribution is -2.41. The number of ether oxygens (including phenoxy) is 1.